The highest BCUT2D eigenvalue weighted by Crippen LogP contribution is 2.24. The summed E-state index contributed by atoms with van der Waals surface area (Å²) in [6.45, 7) is 2.29. The third-order valence-electron chi connectivity index (χ3n) is 3.93. The van der Waals surface area contributed by atoms with E-state index in [1.807, 2.05) is 24.3 Å². The minimum Gasteiger partial charge on any atom is -0.392 e. The number of carbonyl (C=O) groups is 1. The number of hydrogen-bond acceptors (Lipinski definition) is 3. The summed E-state index contributed by atoms with van der Waals surface area (Å²) in [4.78, 5) is 13.0. The van der Waals surface area contributed by atoms with Crippen LogP contribution >= 0.6 is 11.8 Å². The van der Waals surface area contributed by atoms with Gasteiger partial charge in [-0.25, -0.2) is 0 Å². The topological polar surface area (TPSA) is 49.3 Å². The lowest BCUT2D eigenvalue weighted by Crippen LogP contribution is -2.41. The van der Waals surface area contributed by atoms with Crippen molar-refractivity contribution in [1.29, 1.82) is 0 Å². The Hall–Kier alpha value is -1.00. The van der Waals surface area contributed by atoms with Gasteiger partial charge in [-0.15, -0.1) is 11.8 Å². The van der Waals surface area contributed by atoms with Crippen molar-refractivity contribution in [2.75, 3.05) is 5.75 Å². The number of nitrogens with one attached hydrogen (secondary N) is 1. The molecule has 1 fully saturated rings. The molecule has 0 heterocycles. The van der Waals surface area contributed by atoms with Gasteiger partial charge in [0, 0.05) is 10.9 Å². The number of aliphatic hydroxyl groups is 1. The van der Waals surface area contributed by atoms with Crippen LogP contribution in [0.1, 0.15) is 38.2 Å². The zero-order valence-corrected chi connectivity index (χ0v) is 12.8. The fourth-order valence-corrected chi connectivity index (χ4v) is 3.33. The van der Waals surface area contributed by atoms with Crippen LogP contribution in [0.2, 0.25) is 0 Å². The van der Waals surface area contributed by atoms with Gasteiger partial charge >= 0.3 is 0 Å². The van der Waals surface area contributed by atoms with E-state index in [0.717, 1.165) is 16.9 Å². The van der Waals surface area contributed by atoms with E-state index >= 15 is 0 Å². The van der Waals surface area contributed by atoms with Crippen molar-refractivity contribution in [3.63, 3.8) is 0 Å². The first kappa shape index (κ1) is 15.4. The third-order valence-corrected chi connectivity index (χ3v) is 4.95. The first-order valence-corrected chi connectivity index (χ1v) is 8.29. The van der Waals surface area contributed by atoms with E-state index in [-0.39, 0.29) is 12.5 Å². The van der Waals surface area contributed by atoms with Crippen LogP contribution in [0.4, 0.5) is 0 Å². The second-order valence-corrected chi connectivity index (χ2v) is 6.58. The smallest absolute Gasteiger partial charge is 0.230 e. The van der Waals surface area contributed by atoms with Crippen LogP contribution < -0.4 is 5.32 Å². The molecule has 1 aromatic carbocycles. The number of amides is 1. The Morgan fingerprint density at radius 3 is 2.65 bits per heavy atom. The lowest BCUT2D eigenvalue weighted by molar-refractivity contribution is -0.119. The molecule has 0 saturated heterocycles. The first-order chi connectivity index (χ1) is 9.69. The second-order valence-electron chi connectivity index (χ2n) is 5.53. The summed E-state index contributed by atoms with van der Waals surface area (Å²) in [7, 11) is 0. The first-order valence-electron chi connectivity index (χ1n) is 7.31. The molecule has 20 heavy (non-hydrogen) atoms. The van der Waals surface area contributed by atoms with Gasteiger partial charge in [0.1, 0.15) is 0 Å². The summed E-state index contributed by atoms with van der Waals surface area (Å²) in [5.74, 6) is 1.18. The number of carbonyl (C=O) groups excluding carboxylic acids is 1. The number of aliphatic hydroxyl groups excluding tert-OH is 1. The fourth-order valence-electron chi connectivity index (χ4n) is 2.62. The maximum atomic E-state index is 12.0. The molecule has 2 unspecified atom stereocenters. The average molecular weight is 293 g/mol. The van der Waals surface area contributed by atoms with E-state index in [1.54, 1.807) is 11.8 Å². The molecule has 2 N–H and O–H groups in total. The van der Waals surface area contributed by atoms with Gasteiger partial charge in [0.15, 0.2) is 0 Å². The number of rotatable bonds is 5. The van der Waals surface area contributed by atoms with E-state index in [1.165, 1.54) is 19.3 Å². The predicted molar refractivity (Wildman–Crippen MR) is 82.7 cm³/mol. The quantitative estimate of drug-likeness (QED) is 0.821. The molecule has 2 rings (SSSR count). The van der Waals surface area contributed by atoms with E-state index in [0.29, 0.717) is 17.7 Å². The molecule has 0 spiro atoms. The van der Waals surface area contributed by atoms with Gasteiger partial charge in [-0.3, -0.25) is 4.79 Å². The van der Waals surface area contributed by atoms with Crippen molar-refractivity contribution in [1.82, 2.24) is 5.32 Å². The van der Waals surface area contributed by atoms with Gasteiger partial charge in [0.25, 0.3) is 0 Å². The maximum Gasteiger partial charge on any atom is 0.230 e. The van der Waals surface area contributed by atoms with Crippen molar-refractivity contribution >= 4 is 17.7 Å². The van der Waals surface area contributed by atoms with Gasteiger partial charge < -0.3 is 10.4 Å². The van der Waals surface area contributed by atoms with Gasteiger partial charge in [-0.05, 0) is 36.5 Å². The lowest BCUT2D eigenvalue weighted by atomic mass is 9.86. The number of thioether (sulfide) groups is 1. The van der Waals surface area contributed by atoms with Crippen LogP contribution in [0.5, 0.6) is 0 Å². The second kappa shape index (κ2) is 7.70. The Morgan fingerprint density at radius 1 is 1.30 bits per heavy atom. The van der Waals surface area contributed by atoms with Crippen LogP contribution in [0.25, 0.3) is 0 Å². The van der Waals surface area contributed by atoms with Crippen molar-refractivity contribution in [2.45, 2.75) is 50.2 Å². The van der Waals surface area contributed by atoms with Gasteiger partial charge in [0.05, 0.1) is 12.4 Å². The van der Waals surface area contributed by atoms with Crippen LogP contribution in [0, 0.1) is 5.92 Å². The molecule has 1 saturated carbocycles. The highest BCUT2D eigenvalue weighted by molar-refractivity contribution is 8.00. The van der Waals surface area contributed by atoms with E-state index in [4.69, 9.17) is 5.11 Å². The summed E-state index contributed by atoms with van der Waals surface area (Å²) < 4.78 is 0. The fraction of sp³-hybridized carbons (Fsp3) is 0.562. The Kier molecular flexibility index (Phi) is 5.92. The van der Waals surface area contributed by atoms with Crippen molar-refractivity contribution < 1.29 is 9.90 Å². The molecule has 1 aliphatic carbocycles. The Morgan fingerprint density at radius 2 is 2.00 bits per heavy atom. The molecule has 1 amide bonds. The molecule has 4 heteroatoms. The molecule has 2 atom stereocenters. The van der Waals surface area contributed by atoms with Gasteiger partial charge in [-0.1, -0.05) is 31.9 Å². The summed E-state index contributed by atoms with van der Waals surface area (Å²) >= 11 is 1.54. The highest BCUT2D eigenvalue weighted by atomic mass is 32.2. The SMILES string of the molecule is CC1CCCCC1NC(=O)CSc1ccc(CO)cc1. The molecule has 3 nitrogen and oxygen atoms in total. The Balaban J connectivity index is 1.76. The predicted octanol–water partition coefficient (Wildman–Crippen LogP) is 2.97. The van der Waals surface area contributed by atoms with Crippen LogP contribution in [0.3, 0.4) is 0 Å². The Bertz CT molecular complexity index is 433. The van der Waals surface area contributed by atoms with E-state index in [2.05, 4.69) is 12.2 Å². The van der Waals surface area contributed by atoms with Gasteiger partial charge in [0.2, 0.25) is 5.91 Å². The van der Waals surface area contributed by atoms with Crippen molar-refractivity contribution in [3.8, 4) is 0 Å². The number of benzene rings is 1. The standard InChI is InChI=1S/C16H23NO2S/c1-12-4-2-3-5-15(12)17-16(19)11-20-14-8-6-13(10-18)7-9-14/h6-9,12,15,18H,2-5,10-11H2,1H3,(H,17,19). The number of hydrogen-bond donors (Lipinski definition) is 2. The largest absolute Gasteiger partial charge is 0.392 e. The molecule has 0 aliphatic heterocycles. The molecule has 0 bridgehead atoms. The molecule has 1 aromatic rings. The third kappa shape index (κ3) is 4.53. The zero-order valence-electron chi connectivity index (χ0n) is 12.0. The summed E-state index contributed by atoms with van der Waals surface area (Å²) in [5.41, 5.74) is 0.898. The molecular formula is C16H23NO2S. The normalized spacial score (nSPS) is 22.5. The van der Waals surface area contributed by atoms with Crippen LogP contribution in [-0.4, -0.2) is 22.8 Å². The minimum absolute atomic E-state index is 0.0605. The highest BCUT2D eigenvalue weighted by Gasteiger charge is 2.22. The molecule has 1 aliphatic rings. The minimum atomic E-state index is 0.0605. The van der Waals surface area contributed by atoms with Crippen LogP contribution in [-0.2, 0) is 11.4 Å². The summed E-state index contributed by atoms with van der Waals surface area (Å²) in [6.07, 6.45) is 4.86. The van der Waals surface area contributed by atoms with Crippen LogP contribution in [0.15, 0.2) is 29.2 Å². The monoisotopic (exact) mass is 293 g/mol. The van der Waals surface area contributed by atoms with E-state index in [9.17, 15) is 4.79 Å². The van der Waals surface area contributed by atoms with Crippen molar-refractivity contribution in [3.05, 3.63) is 29.8 Å². The van der Waals surface area contributed by atoms with E-state index < -0.39 is 0 Å². The Labute approximate surface area is 125 Å². The molecule has 0 aromatic heterocycles. The average Bonchev–Trinajstić information content (AvgIpc) is 2.48. The summed E-state index contributed by atoms with van der Waals surface area (Å²) in [6, 6.07) is 8.04. The molecular weight excluding hydrogens is 270 g/mol. The van der Waals surface area contributed by atoms with Crippen molar-refractivity contribution in [2.24, 2.45) is 5.92 Å². The lowest BCUT2D eigenvalue weighted by Gasteiger charge is -2.29. The van der Waals surface area contributed by atoms with Gasteiger partial charge in [-0.2, -0.15) is 0 Å². The molecule has 110 valence electrons. The molecule has 0 radical (unpaired) electrons. The zero-order chi connectivity index (χ0) is 14.4. The summed E-state index contributed by atoms with van der Waals surface area (Å²) in [5, 5.41) is 12.1. The maximum absolute atomic E-state index is 12.0.